The number of carbonyl (C=O) groups excluding carboxylic acids is 2. The molecule has 0 saturated carbocycles. The van der Waals surface area contributed by atoms with Crippen LogP contribution in [0.15, 0.2) is 0 Å². The lowest BCUT2D eigenvalue weighted by Crippen LogP contribution is -2.36. The smallest absolute Gasteiger partial charge is 0.410 e. The standard InChI is InChI=1S/C15H27NO4/c1-6-12(13(17)19-7-2)11-8-9-16(10-11)14(18)20-15(3,4)5/h11-12H,6-10H2,1-5H3/t11-,12?/m0/s1. The van der Waals surface area contributed by atoms with E-state index in [9.17, 15) is 9.59 Å². The van der Waals surface area contributed by atoms with Crippen LogP contribution < -0.4 is 0 Å². The fraction of sp³-hybridized carbons (Fsp3) is 0.867. The van der Waals surface area contributed by atoms with E-state index in [-0.39, 0.29) is 23.9 Å². The summed E-state index contributed by atoms with van der Waals surface area (Å²) in [6, 6.07) is 0. The van der Waals surface area contributed by atoms with Crippen LogP contribution in [-0.4, -0.2) is 42.3 Å². The van der Waals surface area contributed by atoms with E-state index in [2.05, 4.69) is 0 Å². The van der Waals surface area contributed by atoms with Crippen LogP contribution in [0.3, 0.4) is 0 Å². The second-order valence-corrected chi connectivity index (χ2v) is 6.24. The Labute approximate surface area is 121 Å². The van der Waals surface area contributed by atoms with Crippen molar-refractivity contribution in [3.63, 3.8) is 0 Å². The summed E-state index contributed by atoms with van der Waals surface area (Å²) in [5, 5.41) is 0. The first-order valence-corrected chi connectivity index (χ1v) is 7.43. The van der Waals surface area contributed by atoms with Crippen molar-refractivity contribution in [2.75, 3.05) is 19.7 Å². The van der Waals surface area contributed by atoms with E-state index >= 15 is 0 Å². The molecule has 5 nitrogen and oxygen atoms in total. The molecule has 1 aliphatic heterocycles. The monoisotopic (exact) mass is 285 g/mol. The SMILES string of the molecule is CCOC(=O)C(CC)[C@H]1CCN(C(=O)OC(C)(C)C)C1. The molecule has 0 aromatic rings. The molecule has 0 aromatic heterocycles. The van der Waals surface area contributed by atoms with Crippen LogP contribution in [0.5, 0.6) is 0 Å². The van der Waals surface area contributed by atoms with Gasteiger partial charge in [0.1, 0.15) is 5.60 Å². The third-order valence-corrected chi connectivity index (χ3v) is 3.47. The molecule has 1 unspecified atom stereocenters. The fourth-order valence-electron chi connectivity index (χ4n) is 2.55. The zero-order chi connectivity index (χ0) is 15.3. The molecule has 1 aliphatic rings. The van der Waals surface area contributed by atoms with E-state index in [4.69, 9.17) is 9.47 Å². The molecule has 1 fully saturated rings. The van der Waals surface area contributed by atoms with Gasteiger partial charge in [0, 0.05) is 13.1 Å². The van der Waals surface area contributed by atoms with Crippen LogP contribution in [0, 0.1) is 11.8 Å². The average molecular weight is 285 g/mol. The van der Waals surface area contributed by atoms with Crippen molar-refractivity contribution >= 4 is 12.1 Å². The Morgan fingerprint density at radius 2 is 1.95 bits per heavy atom. The molecule has 116 valence electrons. The molecule has 0 N–H and O–H groups in total. The molecule has 2 atom stereocenters. The van der Waals surface area contributed by atoms with E-state index in [1.807, 2.05) is 34.6 Å². The Morgan fingerprint density at radius 1 is 1.30 bits per heavy atom. The van der Waals surface area contributed by atoms with Gasteiger partial charge in [-0.1, -0.05) is 6.92 Å². The van der Waals surface area contributed by atoms with Crippen molar-refractivity contribution < 1.29 is 19.1 Å². The number of esters is 1. The third-order valence-electron chi connectivity index (χ3n) is 3.47. The Kier molecular flexibility index (Phi) is 5.84. The molecule has 0 radical (unpaired) electrons. The van der Waals surface area contributed by atoms with E-state index in [1.165, 1.54) is 0 Å². The minimum absolute atomic E-state index is 0.123. The zero-order valence-corrected chi connectivity index (χ0v) is 13.3. The van der Waals surface area contributed by atoms with Crippen molar-refractivity contribution in [3.8, 4) is 0 Å². The zero-order valence-electron chi connectivity index (χ0n) is 13.3. The number of rotatable bonds is 4. The second kappa shape index (κ2) is 6.95. The molecule has 1 heterocycles. The molecule has 1 saturated heterocycles. The molecule has 5 heteroatoms. The lowest BCUT2D eigenvalue weighted by Gasteiger charge is -2.25. The maximum absolute atomic E-state index is 12.0. The van der Waals surface area contributed by atoms with Gasteiger partial charge in [0.15, 0.2) is 0 Å². The van der Waals surface area contributed by atoms with Gasteiger partial charge in [-0.3, -0.25) is 4.79 Å². The normalized spacial score (nSPS) is 20.6. The first kappa shape index (κ1) is 16.8. The highest BCUT2D eigenvalue weighted by Crippen LogP contribution is 2.28. The molecular weight excluding hydrogens is 258 g/mol. The summed E-state index contributed by atoms with van der Waals surface area (Å²) in [5.41, 5.74) is -0.486. The number of hydrogen-bond acceptors (Lipinski definition) is 4. The van der Waals surface area contributed by atoms with Crippen LogP contribution in [0.2, 0.25) is 0 Å². The average Bonchev–Trinajstić information content (AvgIpc) is 2.77. The van der Waals surface area contributed by atoms with Crippen LogP contribution in [0.25, 0.3) is 0 Å². The number of hydrogen-bond donors (Lipinski definition) is 0. The second-order valence-electron chi connectivity index (χ2n) is 6.24. The van der Waals surface area contributed by atoms with Crippen LogP contribution in [-0.2, 0) is 14.3 Å². The summed E-state index contributed by atoms with van der Waals surface area (Å²) < 4.78 is 10.5. The number of ether oxygens (including phenoxy) is 2. The maximum Gasteiger partial charge on any atom is 0.410 e. The molecule has 20 heavy (non-hydrogen) atoms. The van der Waals surface area contributed by atoms with Crippen molar-refractivity contribution in [1.29, 1.82) is 0 Å². The number of nitrogens with zero attached hydrogens (tertiary/aromatic N) is 1. The first-order chi connectivity index (χ1) is 9.28. The molecular formula is C15H27NO4. The van der Waals surface area contributed by atoms with Crippen molar-refractivity contribution in [2.24, 2.45) is 11.8 Å². The van der Waals surface area contributed by atoms with E-state index in [0.29, 0.717) is 19.7 Å². The van der Waals surface area contributed by atoms with Crippen LogP contribution in [0.1, 0.15) is 47.5 Å². The van der Waals surface area contributed by atoms with Gasteiger partial charge in [-0.15, -0.1) is 0 Å². The van der Waals surface area contributed by atoms with E-state index < -0.39 is 5.60 Å². The largest absolute Gasteiger partial charge is 0.466 e. The van der Waals surface area contributed by atoms with Gasteiger partial charge in [0.25, 0.3) is 0 Å². The predicted octanol–water partition coefficient (Wildman–Crippen LogP) is 2.83. The predicted molar refractivity (Wildman–Crippen MR) is 76.3 cm³/mol. The van der Waals surface area contributed by atoms with E-state index in [1.54, 1.807) is 4.90 Å². The topological polar surface area (TPSA) is 55.8 Å². The molecule has 0 aromatic carbocycles. The summed E-state index contributed by atoms with van der Waals surface area (Å²) in [7, 11) is 0. The third kappa shape index (κ3) is 4.69. The van der Waals surface area contributed by atoms with Crippen molar-refractivity contribution in [2.45, 2.75) is 53.1 Å². The molecule has 1 amide bonds. The lowest BCUT2D eigenvalue weighted by atomic mass is 9.89. The summed E-state index contributed by atoms with van der Waals surface area (Å²) >= 11 is 0. The quantitative estimate of drug-likeness (QED) is 0.745. The Balaban J connectivity index is 2.57. The highest BCUT2D eigenvalue weighted by molar-refractivity contribution is 5.73. The Bertz CT molecular complexity index is 348. The molecule has 0 bridgehead atoms. The summed E-state index contributed by atoms with van der Waals surface area (Å²) in [6.45, 7) is 11.0. The highest BCUT2D eigenvalue weighted by Gasteiger charge is 2.36. The minimum atomic E-state index is -0.486. The van der Waals surface area contributed by atoms with E-state index in [0.717, 1.165) is 12.8 Å². The Hall–Kier alpha value is -1.26. The number of carbonyl (C=O) groups is 2. The van der Waals surface area contributed by atoms with Gasteiger partial charge >= 0.3 is 12.1 Å². The van der Waals surface area contributed by atoms with Gasteiger partial charge < -0.3 is 14.4 Å². The summed E-state index contributed by atoms with van der Waals surface area (Å²) in [6.07, 6.45) is 1.28. The van der Waals surface area contributed by atoms with Gasteiger partial charge in [-0.2, -0.15) is 0 Å². The lowest BCUT2D eigenvalue weighted by molar-refractivity contribution is -0.150. The van der Waals surface area contributed by atoms with Crippen molar-refractivity contribution in [3.05, 3.63) is 0 Å². The number of likely N-dealkylation sites (tertiary alicyclic amines) is 1. The van der Waals surface area contributed by atoms with Gasteiger partial charge in [0.2, 0.25) is 0 Å². The van der Waals surface area contributed by atoms with Crippen LogP contribution >= 0.6 is 0 Å². The van der Waals surface area contributed by atoms with Crippen LogP contribution in [0.4, 0.5) is 4.79 Å². The highest BCUT2D eigenvalue weighted by atomic mass is 16.6. The Morgan fingerprint density at radius 3 is 2.45 bits per heavy atom. The number of amides is 1. The van der Waals surface area contributed by atoms with Crippen molar-refractivity contribution in [1.82, 2.24) is 4.90 Å². The first-order valence-electron chi connectivity index (χ1n) is 7.43. The molecule has 0 spiro atoms. The fourth-order valence-corrected chi connectivity index (χ4v) is 2.55. The van der Waals surface area contributed by atoms with Gasteiger partial charge in [0.05, 0.1) is 12.5 Å². The minimum Gasteiger partial charge on any atom is -0.466 e. The molecule has 1 rings (SSSR count). The maximum atomic E-state index is 12.0. The summed E-state index contributed by atoms with van der Waals surface area (Å²) in [4.78, 5) is 25.6. The molecule has 0 aliphatic carbocycles. The van der Waals surface area contributed by atoms with Gasteiger partial charge in [-0.25, -0.2) is 4.79 Å². The summed E-state index contributed by atoms with van der Waals surface area (Å²) in [5.74, 6) is -0.0972. The van der Waals surface area contributed by atoms with Gasteiger partial charge in [-0.05, 0) is 46.5 Å².